The molecule has 0 heterocycles. The number of aliphatic hydroxyl groups excluding tert-OH is 1. The topological polar surface area (TPSA) is 29.5 Å². The SMILES string of the molecule is CCCCC(C)C(O)c1ccc(Cl)c(OC)c1. The maximum atomic E-state index is 10.2. The molecule has 2 unspecified atom stereocenters. The van der Waals surface area contributed by atoms with Crippen LogP contribution in [0.25, 0.3) is 0 Å². The summed E-state index contributed by atoms with van der Waals surface area (Å²) >= 11 is 5.96. The van der Waals surface area contributed by atoms with Crippen LogP contribution in [-0.4, -0.2) is 12.2 Å². The van der Waals surface area contributed by atoms with Crippen LogP contribution in [0.2, 0.25) is 5.02 Å². The summed E-state index contributed by atoms with van der Waals surface area (Å²) in [4.78, 5) is 0. The number of benzene rings is 1. The van der Waals surface area contributed by atoms with Crippen LogP contribution in [-0.2, 0) is 0 Å². The van der Waals surface area contributed by atoms with Crippen LogP contribution in [0.3, 0.4) is 0 Å². The Kier molecular flexibility index (Phi) is 5.79. The third kappa shape index (κ3) is 3.90. The fourth-order valence-corrected chi connectivity index (χ4v) is 2.07. The van der Waals surface area contributed by atoms with Crippen LogP contribution in [0.4, 0.5) is 0 Å². The summed E-state index contributed by atoms with van der Waals surface area (Å²) in [5.74, 6) is 0.867. The fourth-order valence-electron chi connectivity index (χ4n) is 1.87. The number of hydrogen-bond donors (Lipinski definition) is 1. The minimum atomic E-state index is -0.451. The lowest BCUT2D eigenvalue weighted by atomic mass is 9.93. The number of aliphatic hydroxyl groups is 1. The molecule has 0 bridgehead atoms. The van der Waals surface area contributed by atoms with E-state index in [0.717, 1.165) is 24.8 Å². The van der Waals surface area contributed by atoms with Crippen molar-refractivity contribution in [1.82, 2.24) is 0 Å². The zero-order valence-corrected chi connectivity index (χ0v) is 11.5. The molecule has 0 amide bonds. The average Bonchev–Trinajstić information content (AvgIpc) is 2.35. The summed E-state index contributed by atoms with van der Waals surface area (Å²) in [7, 11) is 1.58. The van der Waals surface area contributed by atoms with E-state index in [1.807, 2.05) is 12.1 Å². The van der Waals surface area contributed by atoms with Gasteiger partial charge < -0.3 is 9.84 Å². The molecule has 0 fully saturated rings. The van der Waals surface area contributed by atoms with Crippen LogP contribution in [0.1, 0.15) is 44.8 Å². The van der Waals surface area contributed by atoms with Gasteiger partial charge in [0.05, 0.1) is 18.2 Å². The van der Waals surface area contributed by atoms with Crippen molar-refractivity contribution in [2.45, 2.75) is 39.2 Å². The number of methoxy groups -OCH3 is 1. The van der Waals surface area contributed by atoms with Crippen LogP contribution in [0, 0.1) is 5.92 Å². The van der Waals surface area contributed by atoms with E-state index in [2.05, 4.69) is 13.8 Å². The van der Waals surface area contributed by atoms with E-state index in [4.69, 9.17) is 16.3 Å². The van der Waals surface area contributed by atoms with E-state index in [1.165, 1.54) is 0 Å². The summed E-state index contributed by atoms with van der Waals surface area (Å²) in [6.07, 6.45) is 2.87. The van der Waals surface area contributed by atoms with E-state index >= 15 is 0 Å². The molecule has 1 rings (SSSR count). The van der Waals surface area contributed by atoms with Crippen molar-refractivity contribution in [3.63, 3.8) is 0 Å². The van der Waals surface area contributed by atoms with Crippen LogP contribution in [0.5, 0.6) is 5.75 Å². The maximum absolute atomic E-state index is 10.2. The van der Waals surface area contributed by atoms with Crippen molar-refractivity contribution in [3.05, 3.63) is 28.8 Å². The molecule has 0 saturated heterocycles. The maximum Gasteiger partial charge on any atom is 0.137 e. The lowest BCUT2D eigenvalue weighted by Crippen LogP contribution is -2.09. The Morgan fingerprint density at radius 1 is 1.41 bits per heavy atom. The summed E-state index contributed by atoms with van der Waals surface area (Å²) in [6, 6.07) is 5.44. The number of unbranched alkanes of at least 4 members (excludes halogenated alkanes) is 1. The first kappa shape index (κ1) is 14.3. The molecule has 1 N–H and O–H groups in total. The first-order chi connectivity index (χ1) is 8.10. The molecule has 0 aliphatic heterocycles. The number of rotatable bonds is 6. The Hall–Kier alpha value is -0.730. The molecule has 0 spiro atoms. The predicted molar refractivity (Wildman–Crippen MR) is 71.7 cm³/mol. The van der Waals surface area contributed by atoms with Crippen LogP contribution >= 0.6 is 11.6 Å². The third-order valence-electron chi connectivity index (χ3n) is 3.07. The van der Waals surface area contributed by atoms with Crippen molar-refractivity contribution in [2.24, 2.45) is 5.92 Å². The minimum Gasteiger partial charge on any atom is -0.495 e. The second kappa shape index (κ2) is 6.87. The Bertz CT molecular complexity index is 352. The first-order valence-corrected chi connectivity index (χ1v) is 6.49. The Labute approximate surface area is 109 Å². The number of hydrogen-bond acceptors (Lipinski definition) is 2. The molecule has 0 aromatic heterocycles. The normalized spacial score (nSPS) is 14.4. The largest absolute Gasteiger partial charge is 0.495 e. The summed E-state index contributed by atoms with van der Waals surface area (Å²) in [5, 5.41) is 10.8. The molecule has 2 nitrogen and oxygen atoms in total. The van der Waals surface area contributed by atoms with Crippen molar-refractivity contribution in [1.29, 1.82) is 0 Å². The lowest BCUT2D eigenvalue weighted by Gasteiger charge is -2.19. The van der Waals surface area contributed by atoms with Gasteiger partial charge in [-0.3, -0.25) is 0 Å². The zero-order valence-electron chi connectivity index (χ0n) is 10.7. The summed E-state index contributed by atoms with van der Waals surface area (Å²) < 4.78 is 5.15. The van der Waals surface area contributed by atoms with E-state index in [-0.39, 0.29) is 5.92 Å². The Balaban J connectivity index is 2.77. The highest BCUT2D eigenvalue weighted by molar-refractivity contribution is 6.32. The van der Waals surface area contributed by atoms with Gasteiger partial charge in [-0.05, 0) is 30.0 Å². The minimum absolute atomic E-state index is 0.251. The Morgan fingerprint density at radius 2 is 2.12 bits per heavy atom. The standard InChI is InChI=1S/C14H21ClO2/c1-4-5-6-10(2)14(16)11-7-8-12(15)13(9-11)17-3/h7-10,14,16H,4-6H2,1-3H3. The molecule has 3 heteroatoms. The summed E-state index contributed by atoms with van der Waals surface area (Å²) in [5.41, 5.74) is 0.870. The van der Waals surface area contributed by atoms with Gasteiger partial charge in [-0.1, -0.05) is 44.4 Å². The smallest absolute Gasteiger partial charge is 0.137 e. The highest BCUT2D eigenvalue weighted by Crippen LogP contribution is 2.31. The van der Waals surface area contributed by atoms with Crippen LogP contribution < -0.4 is 4.74 Å². The van der Waals surface area contributed by atoms with E-state index in [0.29, 0.717) is 10.8 Å². The van der Waals surface area contributed by atoms with Crippen LogP contribution in [0.15, 0.2) is 18.2 Å². The second-order valence-electron chi connectivity index (χ2n) is 4.46. The van der Waals surface area contributed by atoms with Gasteiger partial charge in [0.15, 0.2) is 0 Å². The zero-order chi connectivity index (χ0) is 12.8. The molecule has 1 aromatic carbocycles. The van der Waals surface area contributed by atoms with Gasteiger partial charge in [-0.25, -0.2) is 0 Å². The molecule has 2 atom stereocenters. The Morgan fingerprint density at radius 3 is 2.71 bits per heavy atom. The van der Waals surface area contributed by atoms with E-state index in [1.54, 1.807) is 13.2 Å². The monoisotopic (exact) mass is 256 g/mol. The van der Waals surface area contributed by atoms with Gasteiger partial charge in [0.25, 0.3) is 0 Å². The van der Waals surface area contributed by atoms with Gasteiger partial charge >= 0.3 is 0 Å². The van der Waals surface area contributed by atoms with E-state index < -0.39 is 6.10 Å². The molecule has 96 valence electrons. The van der Waals surface area contributed by atoms with Gasteiger partial charge in [-0.2, -0.15) is 0 Å². The molecule has 0 saturated carbocycles. The fraction of sp³-hybridized carbons (Fsp3) is 0.571. The molecular formula is C14H21ClO2. The van der Waals surface area contributed by atoms with Crippen molar-refractivity contribution in [2.75, 3.05) is 7.11 Å². The van der Waals surface area contributed by atoms with Gasteiger partial charge in [-0.15, -0.1) is 0 Å². The second-order valence-corrected chi connectivity index (χ2v) is 4.87. The molecular weight excluding hydrogens is 236 g/mol. The van der Waals surface area contributed by atoms with Crippen molar-refractivity contribution < 1.29 is 9.84 Å². The van der Waals surface area contributed by atoms with Gasteiger partial charge in [0, 0.05) is 0 Å². The van der Waals surface area contributed by atoms with Crippen molar-refractivity contribution >= 4 is 11.6 Å². The molecule has 0 radical (unpaired) electrons. The lowest BCUT2D eigenvalue weighted by molar-refractivity contribution is 0.111. The molecule has 17 heavy (non-hydrogen) atoms. The predicted octanol–water partition coefficient (Wildman–Crippen LogP) is 4.21. The highest BCUT2D eigenvalue weighted by Gasteiger charge is 2.17. The molecule has 0 aliphatic carbocycles. The van der Waals surface area contributed by atoms with E-state index in [9.17, 15) is 5.11 Å². The molecule has 0 aliphatic rings. The van der Waals surface area contributed by atoms with Gasteiger partial charge in [0.2, 0.25) is 0 Å². The van der Waals surface area contributed by atoms with Crippen molar-refractivity contribution in [3.8, 4) is 5.75 Å². The number of ether oxygens (including phenoxy) is 1. The molecule has 1 aromatic rings. The number of halogens is 1. The quantitative estimate of drug-likeness (QED) is 0.826. The summed E-state index contributed by atoms with van der Waals surface area (Å²) in [6.45, 7) is 4.23. The van der Waals surface area contributed by atoms with Gasteiger partial charge in [0.1, 0.15) is 5.75 Å². The third-order valence-corrected chi connectivity index (χ3v) is 3.38. The first-order valence-electron chi connectivity index (χ1n) is 6.11. The highest BCUT2D eigenvalue weighted by atomic mass is 35.5. The average molecular weight is 257 g/mol.